The first kappa shape index (κ1) is 11.7. The van der Waals surface area contributed by atoms with E-state index in [2.05, 4.69) is 44.2 Å². The molecule has 88 valence electrons. The monoisotopic (exact) mass is 226 g/mol. The Kier molecular flexibility index (Phi) is 3.48. The molecule has 1 nitrogen and oxygen atoms in total. The third-order valence-corrected chi connectivity index (χ3v) is 3.00. The van der Waals surface area contributed by atoms with E-state index < -0.39 is 0 Å². The number of rotatable bonds is 3. The molecule has 0 atom stereocenters. The second-order valence-electron chi connectivity index (χ2n) is 4.48. The molecule has 0 unspecified atom stereocenters. The van der Waals surface area contributed by atoms with Crippen LogP contribution in [0.5, 0.6) is 5.75 Å². The van der Waals surface area contributed by atoms with Crippen LogP contribution in [-0.2, 0) is 0 Å². The van der Waals surface area contributed by atoms with Crippen LogP contribution in [0.25, 0.3) is 11.1 Å². The minimum absolute atomic E-state index is 0.571. The Morgan fingerprint density at radius 1 is 0.882 bits per heavy atom. The van der Waals surface area contributed by atoms with Crippen LogP contribution in [0, 0.1) is 0 Å². The van der Waals surface area contributed by atoms with Crippen molar-refractivity contribution in [2.45, 2.75) is 19.8 Å². The zero-order valence-corrected chi connectivity index (χ0v) is 10.6. The van der Waals surface area contributed by atoms with E-state index >= 15 is 0 Å². The number of para-hydroxylation sites is 1. The molecule has 0 aliphatic rings. The van der Waals surface area contributed by atoms with Crippen molar-refractivity contribution in [3.8, 4) is 16.9 Å². The maximum atomic E-state index is 5.38. The molecule has 0 radical (unpaired) electrons. The predicted molar refractivity (Wildman–Crippen MR) is 72.5 cm³/mol. The Bertz CT molecular complexity index is 483. The molecule has 0 saturated carbocycles. The summed E-state index contributed by atoms with van der Waals surface area (Å²) in [6.45, 7) is 4.41. The normalized spacial score (nSPS) is 10.6. The highest BCUT2D eigenvalue weighted by molar-refractivity contribution is 5.70. The third-order valence-electron chi connectivity index (χ3n) is 3.00. The Labute approximate surface area is 103 Å². The topological polar surface area (TPSA) is 9.23 Å². The van der Waals surface area contributed by atoms with Crippen LogP contribution in [0.15, 0.2) is 48.5 Å². The van der Waals surface area contributed by atoms with Crippen LogP contribution in [0.2, 0.25) is 0 Å². The Hall–Kier alpha value is -1.76. The fourth-order valence-electron chi connectivity index (χ4n) is 1.93. The summed E-state index contributed by atoms with van der Waals surface area (Å²) in [5.74, 6) is 1.49. The molecule has 0 heterocycles. The highest BCUT2D eigenvalue weighted by Crippen LogP contribution is 2.30. The molecule has 0 aromatic heterocycles. The van der Waals surface area contributed by atoms with Gasteiger partial charge in [0.05, 0.1) is 7.11 Å². The van der Waals surface area contributed by atoms with Gasteiger partial charge in [0.1, 0.15) is 5.75 Å². The molecule has 2 rings (SSSR count). The van der Waals surface area contributed by atoms with Crippen molar-refractivity contribution in [2.24, 2.45) is 0 Å². The van der Waals surface area contributed by atoms with Gasteiger partial charge < -0.3 is 4.74 Å². The lowest BCUT2D eigenvalue weighted by Gasteiger charge is -2.10. The van der Waals surface area contributed by atoms with E-state index in [1.165, 1.54) is 11.1 Å². The molecule has 0 spiro atoms. The fraction of sp³-hybridized carbons (Fsp3) is 0.250. The summed E-state index contributed by atoms with van der Waals surface area (Å²) in [7, 11) is 1.71. The summed E-state index contributed by atoms with van der Waals surface area (Å²) >= 11 is 0. The van der Waals surface area contributed by atoms with Gasteiger partial charge in [0.2, 0.25) is 0 Å². The minimum Gasteiger partial charge on any atom is -0.496 e. The van der Waals surface area contributed by atoms with E-state index in [1.807, 2.05) is 18.2 Å². The van der Waals surface area contributed by atoms with Crippen LogP contribution in [0.4, 0.5) is 0 Å². The fourth-order valence-corrected chi connectivity index (χ4v) is 1.93. The molecule has 2 aromatic carbocycles. The lowest BCUT2D eigenvalue weighted by molar-refractivity contribution is 0.416. The van der Waals surface area contributed by atoms with Gasteiger partial charge in [0, 0.05) is 5.56 Å². The molecule has 0 aliphatic carbocycles. The molecule has 0 amide bonds. The van der Waals surface area contributed by atoms with Gasteiger partial charge in [0.15, 0.2) is 0 Å². The van der Waals surface area contributed by atoms with Gasteiger partial charge in [-0.3, -0.25) is 0 Å². The van der Waals surface area contributed by atoms with E-state index in [1.54, 1.807) is 7.11 Å². The number of ether oxygens (including phenoxy) is 1. The van der Waals surface area contributed by atoms with Crippen LogP contribution in [0.3, 0.4) is 0 Å². The predicted octanol–water partition coefficient (Wildman–Crippen LogP) is 4.49. The van der Waals surface area contributed by atoms with Crippen molar-refractivity contribution in [2.75, 3.05) is 7.11 Å². The molecule has 0 bridgehead atoms. The summed E-state index contributed by atoms with van der Waals surface area (Å²) in [6, 6.07) is 16.8. The molecule has 0 fully saturated rings. The standard InChI is InChI=1S/C16H18O/c1-12(2)13-8-10-14(11-9-13)15-6-4-5-7-16(15)17-3/h4-12H,1-3H3. The number of hydrogen-bond donors (Lipinski definition) is 0. The highest BCUT2D eigenvalue weighted by Gasteiger charge is 2.05. The van der Waals surface area contributed by atoms with Crippen molar-refractivity contribution in [1.82, 2.24) is 0 Å². The van der Waals surface area contributed by atoms with Crippen molar-refractivity contribution in [3.05, 3.63) is 54.1 Å². The van der Waals surface area contributed by atoms with Gasteiger partial charge in [0.25, 0.3) is 0 Å². The smallest absolute Gasteiger partial charge is 0.126 e. The maximum absolute atomic E-state index is 5.38. The van der Waals surface area contributed by atoms with Crippen LogP contribution >= 0.6 is 0 Å². The van der Waals surface area contributed by atoms with Gasteiger partial charge in [-0.05, 0) is 23.1 Å². The summed E-state index contributed by atoms with van der Waals surface area (Å²) in [6.07, 6.45) is 0. The second-order valence-corrected chi connectivity index (χ2v) is 4.48. The lowest BCUT2D eigenvalue weighted by Crippen LogP contribution is -1.89. The van der Waals surface area contributed by atoms with Gasteiger partial charge in [-0.15, -0.1) is 0 Å². The lowest BCUT2D eigenvalue weighted by atomic mass is 9.98. The molecule has 0 saturated heterocycles. The van der Waals surface area contributed by atoms with Gasteiger partial charge in [-0.1, -0.05) is 56.3 Å². The number of hydrogen-bond acceptors (Lipinski definition) is 1. The van der Waals surface area contributed by atoms with E-state index in [9.17, 15) is 0 Å². The first-order chi connectivity index (χ1) is 8.22. The first-order valence-electron chi connectivity index (χ1n) is 5.95. The van der Waals surface area contributed by atoms with Crippen molar-refractivity contribution in [1.29, 1.82) is 0 Å². The third kappa shape index (κ3) is 2.50. The summed E-state index contributed by atoms with van der Waals surface area (Å²) in [5, 5.41) is 0. The molecular weight excluding hydrogens is 208 g/mol. The van der Waals surface area contributed by atoms with Gasteiger partial charge >= 0.3 is 0 Å². The van der Waals surface area contributed by atoms with E-state index in [0.717, 1.165) is 11.3 Å². The Morgan fingerprint density at radius 3 is 2.12 bits per heavy atom. The summed E-state index contributed by atoms with van der Waals surface area (Å²) in [5.41, 5.74) is 3.71. The highest BCUT2D eigenvalue weighted by atomic mass is 16.5. The summed E-state index contributed by atoms with van der Waals surface area (Å²) in [4.78, 5) is 0. The quantitative estimate of drug-likeness (QED) is 0.749. The SMILES string of the molecule is COc1ccccc1-c1ccc(C(C)C)cc1. The maximum Gasteiger partial charge on any atom is 0.126 e. The van der Waals surface area contributed by atoms with Crippen molar-refractivity contribution < 1.29 is 4.74 Å². The van der Waals surface area contributed by atoms with Crippen molar-refractivity contribution >= 4 is 0 Å². The number of benzene rings is 2. The first-order valence-corrected chi connectivity index (χ1v) is 5.95. The zero-order chi connectivity index (χ0) is 12.3. The zero-order valence-electron chi connectivity index (χ0n) is 10.6. The van der Waals surface area contributed by atoms with Crippen LogP contribution in [0.1, 0.15) is 25.3 Å². The molecule has 0 aliphatic heterocycles. The van der Waals surface area contributed by atoms with E-state index in [4.69, 9.17) is 4.74 Å². The van der Waals surface area contributed by atoms with Crippen LogP contribution < -0.4 is 4.74 Å². The molecule has 1 heteroatoms. The second kappa shape index (κ2) is 5.05. The molecule has 2 aromatic rings. The van der Waals surface area contributed by atoms with E-state index in [0.29, 0.717) is 5.92 Å². The van der Waals surface area contributed by atoms with E-state index in [-0.39, 0.29) is 0 Å². The van der Waals surface area contributed by atoms with Gasteiger partial charge in [-0.25, -0.2) is 0 Å². The van der Waals surface area contributed by atoms with Gasteiger partial charge in [-0.2, -0.15) is 0 Å². The van der Waals surface area contributed by atoms with Crippen LogP contribution in [-0.4, -0.2) is 7.11 Å². The molecule has 17 heavy (non-hydrogen) atoms. The molecular formula is C16H18O. The number of methoxy groups -OCH3 is 1. The van der Waals surface area contributed by atoms with Crippen molar-refractivity contribution in [3.63, 3.8) is 0 Å². The Morgan fingerprint density at radius 2 is 1.53 bits per heavy atom. The Balaban J connectivity index is 2.40. The minimum atomic E-state index is 0.571. The molecule has 0 N–H and O–H groups in total. The average molecular weight is 226 g/mol. The largest absolute Gasteiger partial charge is 0.496 e. The average Bonchev–Trinajstić information content (AvgIpc) is 2.39. The summed E-state index contributed by atoms with van der Waals surface area (Å²) < 4.78 is 5.38.